The van der Waals surface area contributed by atoms with Gasteiger partial charge in [0.25, 0.3) is 11.5 Å². The van der Waals surface area contributed by atoms with Gasteiger partial charge in [0, 0.05) is 31.7 Å². The molecule has 9 heteroatoms. The van der Waals surface area contributed by atoms with Crippen LogP contribution in [0.15, 0.2) is 64.1 Å². The molecule has 0 atom stereocenters. The van der Waals surface area contributed by atoms with Crippen molar-refractivity contribution < 1.29 is 9.59 Å². The van der Waals surface area contributed by atoms with Crippen molar-refractivity contribution in [1.29, 1.82) is 5.26 Å². The Bertz CT molecular complexity index is 1460. The summed E-state index contributed by atoms with van der Waals surface area (Å²) >= 11 is 2.87. The molecule has 7 nitrogen and oxygen atoms in total. The van der Waals surface area contributed by atoms with E-state index in [1.165, 1.54) is 27.2 Å². The predicted molar refractivity (Wildman–Crippen MR) is 134 cm³/mol. The third kappa shape index (κ3) is 3.91. The predicted octanol–water partition coefficient (Wildman–Crippen LogP) is 3.84. The normalized spacial score (nSPS) is 13.7. The third-order valence-electron chi connectivity index (χ3n) is 5.97. The summed E-state index contributed by atoms with van der Waals surface area (Å²) in [5.74, 6) is -0.182. The minimum Gasteiger partial charge on any atom is -0.366 e. The lowest BCUT2D eigenvalue weighted by atomic mass is 10.1. The number of amides is 1. The van der Waals surface area contributed by atoms with E-state index in [1.54, 1.807) is 29.2 Å². The number of hydrogen-bond donors (Lipinski definition) is 0. The number of hydrogen-bond acceptors (Lipinski definition) is 7. The van der Waals surface area contributed by atoms with Crippen LogP contribution < -0.4 is 10.5 Å². The van der Waals surface area contributed by atoms with Crippen LogP contribution in [0.1, 0.15) is 25.6 Å². The Balaban J connectivity index is 1.46. The minimum absolute atomic E-state index is 0.00580. The number of anilines is 1. The highest BCUT2D eigenvalue weighted by atomic mass is 32.1. The molecule has 1 aliphatic heterocycles. The van der Waals surface area contributed by atoms with Gasteiger partial charge in [-0.15, -0.1) is 22.7 Å². The fraction of sp³-hybridized carbons (Fsp3) is 0.200. The van der Waals surface area contributed by atoms with Crippen molar-refractivity contribution in [1.82, 2.24) is 9.47 Å². The van der Waals surface area contributed by atoms with E-state index in [1.807, 2.05) is 39.9 Å². The van der Waals surface area contributed by atoms with Crippen molar-refractivity contribution in [2.75, 3.05) is 31.1 Å². The lowest BCUT2D eigenvalue weighted by Gasteiger charge is -2.36. The van der Waals surface area contributed by atoms with E-state index < -0.39 is 5.56 Å². The first-order valence-electron chi connectivity index (χ1n) is 10.8. The van der Waals surface area contributed by atoms with Gasteiger partial charge >= 0.3 is 0 Å². The number of ketones is 1. The second kappa shape index (κ2) is 9.25. The second-order valence-corrected chi connectivity index (χ2v) is 9.77. The molecule has 1 saturated heterocycles. The number of pyridine rings is 1. The zero-order valence-corrected chi connectivity index (χ0v) is 19.8. The lowest BCUT2D eigenvalue weighted by Crippen LogP contribution is -2.49. The van der Waals surface area contributed by atoms with Crippen LogP contribution in [0.25, 0.3) is 10.2 Å². The van der Waals surface area contributed by atoms with Gasteiger partial charge < -0.3 is 9.80 Å². The van der Waals surface area contributed by atoms with E-state index in [0.29, 0.717) is 47.8 Å². The van der Waals surface area contributed by atoms with Crippen LogP contribution in [0.2, 0.25) is 0 Å². The zero-order chi connectivity index (χ0) is 23.7. The number of thiophene rings is 2. The molecule has 4 aromatic rings. The topological polar surface area (TPSA) is 86.4 Å². The summed E-state index contributed by atoms with van der Waals surface area (Å²) in [4.78, 5) is 43.4. The molecular formula is C25H20N4O3S2. The van der Waals surface area contributed by atoms with E-state index in [9.17, 15) is 19.6 Å². The average Bonchev–Trinajstić information content (AvgIpc) is 3.58. The molecule has 0 bridgehead atoms. The first-order valence-corrected chi connectivity index (χ1v) is 12.5. The number of aromatic nitrogens is 1. The van der Waals surface area contributed by atoms with Crippen LogP contribution in [0.5, 0.6) is 0 Å². The summed E-state index contributed by atoms with van der Waals surface area (Å²) in [7, 11) is 0. The first-order chi connectivity index (χ1) is 16.6. The molecule has 5 rings (SSSR count). The van der Waals surface area contributed by atoms with Gasteiger partial charge in [0.1, 0.15) is 11.6 Å². The summed E-state index contributed by atoms with van der Waals surface area (Å²) in [6, 6.07) is 16.4. The molecule has 4 heterocycles. The molecule has 34 heavy (non-hydrogen) atoms. The Morgan fingerprint density at radius 3 is 2.38 bits per heavy atom. The Kier molecular flexibility index (Phi) is 6.01. The van der Waals surface area contributed by atoms with Crippen LogP contribution >= 0.6 is 22.7 Å². The van der Waals surface area contributed by atoms with Gasteiger partial charge in [0.15, 0.2) is 5.78 Å². The molecule has 0 N–H and O–H groups in total. The molecule has 1 amide bonds. The monoisotopic (exact) mass is 488 g/mol. The van der Waals surface area contributed by atoms with Crippen molar-refractivity contribution in [2.45, 2.75) is 6.54 Å². The molecule has 0 aliphatic carbocycles. The van der Waals surface area contributed by atoms with E-state index in [4.69, 9.17) is 0 Å². The van der Waals surface area contributed by atoms with Crippen molar-refractivity contribution >= 4 is 50.3 Å². The molecule has 0 unspecified atom stereocenters. The van der Waals surface area contributed by atoms with Crippen LogP contribution in [-0.2, 0) is 6.54 Å². The maximum absolute atomic E-state index is 13.4. The van der Waals surface area contributed by atoms with Crippen LogP contribution in [0.4, 0.5) is 5.69 Å². The van der Waals surface area contributed by atoms with Gasteiger partial charge in [-0.1, -0.05) is 36.4 Å². The highest BCUT2D eigenvalue weighted by molar-refractivity contribution is 7.17. The molecule has 0 saturated carbocycles. The molecule has 0 radical (unpaired) electrons. The highest BCUT2D eigenvalue weighted by Crippen LogP contribution is 2.34. The van der Waals surface area contributed by atoms with Crippen LogP contribution in [0, 0.1) is 11.3 Å². The molecule has 0 spiro atoms. The first kappa shape index (κ1) is 22.1. The largest absolute Gasteiger partial charge is 0.366 e. The van der Waals surface area contributed by atoms with Crippen molar-refractivity contribution in [2.24, 2.45) is 0 Å². The van der Waals surface area contributed by atoms with E-state index in [-0.39, 0.29) is 23.8 Å². The Morgan fingerprint density at radius 2 is 1.71 bits per heavy atom. The summed E-state index contributed by atoms with van der Waals surface area (Å²) in [5.41, 5.74) is 1.33. The molecule has 170 valence electrons. The number of carbonyl (C=O) groups excluding carboxylic acids is 2. The Labute approximate surface area is 203 Å². The fourth-order valence-corrected chi connectivity index (χ4v) is 5.92. The van der Waals surface area contributed by atoms with Gasteiger partial charge in [-0.3, -0.25) is 19.0 Å². The Morgan fingerprint density at radius 1 is 0.941 bits per heavy atom. The average molecular weight is 489 g/mol. The lowest BCUT2D eigenvalue weighted by molar-refractivity contribution is 0.0751. The van der Waals surface area contributed by atoms with Gasteiger partial charge in [-0.2, -0.15) is 5.26 Å². The Hall–Kier alpha value is -3.74. The van der Waals surface area contributed by atoms with Crippen molar-refractivity contribution in [3.63, 3.8) is 0 Å². The van der Waals surface area contributed by atoms with E-state index in [2.05, 4.69) is 6.07 Å². The number of nitrogens with zero attached hydrogens (tertiary/aromatic N) is 4. The second-order valence-electron chi connectivity index (χ2n) is 7.91. The summed E-state index contributed by atoms with van der Waals surface area (Å²) in [6.07, 6.45) is 0. The number of carbonyl (C=O) groups is 2. The molecule has 1 aromatic carbocycles. The fourth-order valence-electron chi connectivity index (χ4n) is 4.26. The minimum atomic E-state index is -0.468. The molecule has 1 fully saturated rings. The maximum atomic E-state index is 13.4. The van der Waals surface area contributed by atoms with Gasteiger partial charge in [-0.05, 0) is 22.9 Å². The summed E-state index contributed by atoms with van der Waals surface area (Å²) < 4.78 is 2.20. The maximum Gasteiger partial charge on any atom is 0.271 e. The number of fused-ring (bicyclic) bond motifs is 1. The zero-order valence-electron chi connectivity index (χ0n) is 18.1. The quantitative estimate of drug-likeness (QED) is 0.399. The SMILES string of the molecule is N#Cc1c(N2CCN(C(=O)c3cccs3)CC2)c2sccc2n(CC(=O)c2ccccc2)c1=O. The van der Waals surface area contributed by atoms with E-state index >= 15 is 0 Å². The van der Waals surface area contributed by atoms with Crippen molar-refractivity contribution in [3.05, 3.63) is 85.6 Å². The summed E-state index contributed by atoms with van der Waals surface area (Å²) in [6.45, 7) is 1.92. The number of nitriles is 1. The number of piperazine rings is 1. The van der Waals surface area contributed by atoms with Crippen molar-refractivity contribution in [3.8, 4) is 6.07 Å². The molecule has 3 aromatic heterocycles. The van der Waals surface area contributed by atoms with Gasteiger partial charge in [0.05, 0.1) is 27.3 Å². The smallest absolute Gasteiger partial charge is 0.271 e. The molecular weight excluding hydrogens is 468 g/mol. The van der Waals surface area contributed by atoms with Gasteiger partial charge in [0.2, 0.25) is 0 Å². The number of benzene rings is 1. The van der Waals surface area contributed by atoms with Crippen LogP contribution in [0.3, 0.4) is 0 Å². The summed E-state index contributed by atoms with van der Waals surface area (Å²) in [5, 5.41) is 13.7. The number of rotatable bonds is 5. The molecule has 1 aliphatic rings. The number of Topliss-reactive ketones (excluding diaryl/α,β-unsaturated/α-hetero) is 1. The van der Waals surface area contributed by atoms with Crippen LogP contribution in [-0.4, -0.2) is 47.3 Å². The highest BCUT2D eigenvalue weighted by Gasteiger charge is 2.28. The third-order valence-corrected chi connectivity index (χ3v) is 7.74. The van der Waals surface area contributed by atoms with Gasteiger partial charge in [-0.25, -0.2) is 0 Å². The van der Waals surface area contributed by atoms with E-state index in [0.717, 1.165) is 4.70 Å². The standard InChI is InChI=1S/C25H20N4O3S2/c26-15-18-22(27-9-11-28(12-10-27)25(32)21-7-4-13-33-21)23-19(8-14-34-23)29(24(18)31)16-20(30)17-5-2-1-3-6-17/h1-8,13-14H,9-12,16H2.